The van der Waals surface area contributed by atoms with E-state index < -0.39 is 0 Å². The number of ether oxygens (including phenoxy) is 1. The molecule has 32 heavy (non-hydrogen) atoms. The van der Waals surface area contributed by atoms with E-state index in [9.17, 15) is 4.79 Å². The number of aromatic nitrogens is 2. The number of amides is 1. The Balaban J connectivity index is 1.36. The quantitative estimate of drug-likeness (QED) is 0.317. The van der Waals surface area contributed by atoms with Crippen LogP contribution in [0.15, 0.2) is 72.8 Å². The fourth-order valence-electron chi connectivity index (χ4n) is 3.50. The molecule has 0 aliphatic rings. The highest BCUT2D eigenvalue weighted by Crippen LogP contribution is 2.18. The van der Waals surface area contributed by atoms with Gasteiger partial charge in [-0.3, -0.25) is 4.79 Å². The molecule has 0 atom stereocenters. The second-order valence-corrected chi connectivity index (χ2v) is 8.21. The molecule has 1 N–H and O–H groups in total. The zero-order valence-electron chi connectivity index (χ0n) is 17.4. The zero-order chi connectivity index (χ0) is 22.3. The Labute approximate surface area is 196 Å². The van der Waals surface area contributed by atoms with E-state index in [0.29, 0.717) is 35.2 Å². The number of hydrogen-bond donors (Lipinski definition) is 1. The first-order chi connectivity index (χ1) is 15.6. The van der Waals surface area contributed by atoms with Crippen molar-refractivity contribution in [2.24, 2.45) is 0 Å². The molecule has 0 fully saturated rings. The number of para-hydroxylation sites is 2. The maximum absolute atomic E-state index is 12.4. The van der Waals surface area contributed by atoms with Gasteiger partial charge in [0.1, 0.15) is 11.6 Å². The molecule has 0 unspecified atom stereocenters. The Hall–Kier alpha value is -3.02. The van der Waals surface area contributed by atoms with Crippen molar-refractivity contribution in [3.63, 3.8) is 0 Å². The van der Waals surface area contributed by atoms with E-state index in [1.807, 2.05) is 42.5 Å². The monoisotopic (exact) mass is 467 g/mol. The van der Waals surface area contributed by atoms with Gasteiger partial charge in [0.05, 0.1) is 17.6 Å². The molecule has 0 aliphatic heterocycles. The lowest BCUT2D eigenvalue weighted by Gasteiger charge is -2.11. The highest BCUT2D eigenvalue weighted by Gasteiger charge is 2.11. The van der Waals surface area contributed by atoms with E-state index in [1.165, 1.54) is 0 Å². The Bertz CT molecular complexity index is 1190. The van der Waals surface area contributed by atoms with Gasteiger partial charge in [0, 0.05) is 35.1 Å². The summed E-state index contributed by atoms with van der Waals surface area (Å²) in [5, 5.41) is 4.26. The molecular formula is C25H23Cl2N3O2. The van der Waals surface area contributed by atoms with E-state index in [0.717, 1.165) is 35.6 Å². The van der Waals surface area contributed by atoms with Gasteiger partial charge in [-0.05, 0) is 67.1 Å². The van der Waals surface area contributed by atoms with Crippen LogP contribution in [0.1, 0.15) is 22.6 Å². The van der Waals surface area contributed by atoms with E-state index >= 15 is 0 Å². The molecule has 0 bridgehead atoms. The lowest BCUT2D eigenvalue weighted by Crippen LogP contribution is -2.26. The summed E-state index contributed by atoms with van der Waals surface area (Å²) in [5.41, 5.74) is 2.62. The lowest BCUT2D eigenvalue weighted by molar-refractivity contribution is 0.0954. The predicted octanol–water partition coefficient (Wildman–Crippen LogP) is 5.78. The second kappa shape index (κ2) is 10.5. The zero-order valence-corrected chi connectivity index (χ0v) is 18.9. The number of aryl methyl sites for hydroxylation is 1. The number of nitrogens with one attached hydrogen (secondary N) is 1. The maximum atomic E-state index is 12.4. The number of rotatable bonds is 9. The molecule has 1 aromatic heterocycles. The van der Waals surface area contributed by atoms with E-state index in [-0.39, 0.29) is 5.91 Å². The Morgan fingerprint density at radius 3 is 2.38 bits per heavy atom. The van der Waals surface area contributed by atoms with E-state index in [2.05, 4.69) is 16.0 Å². The van der Waals surface area contributed by atoms with Crippen molar-refractivity contribution in [1.82, 2.24) is 14.9 Å². The van der Waals surface area contributed by atoms with Crippen LogP contribution in [0, 0.1) is 0 Å². The molecule has 0 aliphatic carbocycles. The van der Waals surface area contributed by atoms with Crippen LogP contribution in [-0.2, 0) is 13.0 Å². The predicted molar refractivity (Wildman–Crippen MR) is 129 cm³/mol. The number of halogens is 2. The van der Waals surface area contributed by atoms with Crippen LogP contribution in [0.5, 0.6) is 5.75 Å². The largest absolute Gasteiger partial charge is 0.494 e. The Morgan fingerprint density at radius 1 is 0.938 bits per heavy atom. The van der Waals surface area contributed by atoms with Crippen molar-refractivity contribution in [3.8, 4) is 5.75 Å². The van der Waals surface area contributed by atoms with Crippen molar-refractivity contribution in [2.45, 2.75) is 19.4 Å². The summed E-state index contributed by atoms with van der Waals surface area (Å²) in [6.45, 7) is 1.85. The van der Waals surface area contributed by atoms with Gasteiger partial charge >= 0.3 is 0 Å². The lowest BCUT2D eigenvalue weighted by atomic mass is 10.2. The van der Waals surface area contributed by atoms with Gasteiger partial charge < -0.3 is 14.6 Å². The molecular weight excluding hydrogens is 445 g/mol. The minimum atomic E-state index is -0.124. The molecule has 3 aromatic carbocycles. The average molecular weight is 468 g/mol. The van der Waals surface area contributed by atoms with Gasteiger partial charge in [0.2, 0.25) is 0 Å². The topological polar surface area (TPSA) is 56.2 Å². The van der Waals surface area contributed by atoms with Gasteiger partial charge in [0.15, 0.2) is 0 Å². The number of carbonyl (C=O) groups is 1. The summed E-state index contributed by atoms with van der Waals surface area (Å²) >= 11 is 11.8. The van der Waals surface area contributed by atoms with Crippen molar-refractivity contribution in [1.29, 1.82) is 0 Å². The fourth-order valence-corrected chi connectivity index (χ4v) is 3.75. The molecule has 1 amide bonds. The maximum Gasteiger partial charge on any atom is 0.251 e. The first kappa shape index (κ1) is 22.2. The highest BCUT2D eigenvalue weighted by molar-refractivity contribution is 6.30. The van der Waals surface area contributed by atoms with Crippen LogP contribution in [-0.4, -0.2) is 28.6 Å². The van der Waals surface area contributed by atoms with Crippen molar-refractivity contribution >= 4 is 40.1 Å². The van der Waals surface area contributed by atoms with Crippen LogP contribution in [0.2, 0.25) is 10.0 Å². The number of carbonyl (C=O) groups excluding carboxylic acids is 1. The molecule has 5 nitrogen and oxygen atoms in total. The minimum absolute atomic E-state index is 0.124. The van der Waals surface area contributed by atoms with Crippen LogP contribution >= 0.6 is 23.2 Å². The first-order valence-corrected chi connectivity index (χ1v) is 11.2. The first-order valence-electron chi connectivity index (χ1n) is 10.5. The van der Waals surface area contributed by atoms with Gasteiger partial charge in [0.25, 0.3) is 5.91 Å². The summed E-state index contributed by atoms with van der Waals surface area (Å²) in [6, 6.07) is 22.3. The van der Waals surface area contributed by atoms with Crippen LogP contribution in [0.25, 0.3) is 11.0 Å². The van der Waals surface area contributed by atoms with Crippen molar-refractivity contribution < 1.29 is 9.53 Å². The van der Waals surface area contributed by atoms with Gasteiger partial charge in [-0.15, -0.1) is 0 Å². The number of benzene rings is 3. The average Bonchev–Trinajstić information content (AvgIpc) is 3.15. The Morgan fingerprint density at radius 2 is 1.62 bits per heavy atom. The second-order valence-electron chi connectivity index (χ2n) is 7.34. The number of hydrogen-bond acceptors (Lipinski definition) is 3. The van der Waals surface area contributed by atoms with Crippen molar-refractivity contribution in [3.05, 3.63) is 94.2 Å². The normalized spacial score (nSPS) is 10.9. The summed E-state index contributed by atoms with van der Waals surface area (Å²) in [6.07, 6.45) is 1.46. The molecule has 1 heterocycles. The Kier molecular flexibility index (Phi) is 7.30. The SMILES string of the molecule is O=C(NCCc1nc2ccccc2n1CCCOc1ccc(Cl)cc1)c1ccc(Cl)cc1. The smallest absolute Gasteiger partial charge is 0.251 e. The third kappa shape index (κ3) is 5.61. The molecule has 0 saturated heterocycles. The molecule has 0 spiro atoms. The summed E-state index contributed by atoms with van der Waals surface area (Å²) in [7, 11) is 0. The third-order valence-corrected chi connectivity index (χ3v) is 5.59. The number of imidazole rings is 1. The van der Waals surface area contributed by atoms with Gasteiger partial charge in [-0.25, -0.2) is 4.98 Å². The third-order valence-electron chi connectivity index (χ3n) is 5.08. The molecule has 164 valence electrons. The molecule has 0 radical (unpaired) electrons. The molecule has 4 aromatic rings. The van der Waals surface area contributed by atoms with E-state index in [4.69, 9.17) is 32.9 Å². The van der Waals surface area contributed by atoms with Crippen LogP contribution in [0.4, 0.5) is 0 Å². The van der Waals surface area contributed by atoms with Gasteiger partial charge in [-0.1, -0.05) is 35.3 Å². The number of fused-ring (bicyclic) bond motifs is 1. The molecule has 4 rings (SSSR count). The van der Waals surface area contributed by atoms with Crippen LogP contribution < -0.4 is 10.1 Å². The summed E-state index contributed by atoms with van der Waals surface area (Å²) < 4.78 is 8.03. The van der Waals surface area contributed by atoms with Crippen molar-refractivity contribution in [2.75, 3.05) is 13.2 Å². The van der Waals surface area contributed by atoms with Crippen LogP contribution in [0.3, 0.4) is 0 Å². The van der Waals surface area contributed by atoms with Gasteiger partial charge in [-0.2, -0.15) is 0 Å². The molecule has 7 heteroatoms. The number of nitrogens with zero attached hydrogens (tertiary/aromatic N) is 2. The fraction of sp³-hybridized carbons (Fsp3) is 0.200. The van der Waals surface area contributed by atoms with E-state index in [1.54, 1.807) is 24.3 Å². The standard InChI is InChI=1S/C25H23Cl2N3O2/c26-19-8-6-18(7-9-19)25(31)28-15-14-24-29-22-4-1-2-5-23(22)30(24)16-3-17-32-21-12-10-20(27)11-13-21/h1-2,4-13H,3,14-17H2,(H,28,31). The minimum Gasteiger partial charge on any atom is -0.494 e. The molecule has 0 saturated carbocycles. The highest BCUT2D eigenvalue weighted by atomic mass is 35.5. The summed E-state index contributed by atoms with van der Waals surface area (Å²) in [5.74, 6) is 1.62. The summed E-state index contributed by atoms with van der Waals surface area (Å²) in [4.78, 5) is 17.1.